The van der Waals surface area contributed by atoms with Gasteiger partial charge >= 0.3 is 172 Å². The summed E-state index contributed by atoms with van der Waals surface area (Å²) in [4.78, 5) is 15.0. The number of fused-ring (bicyclic) bond motifs is 4. The van der Waals surface area contributed by atoms with Crippen molar-refractivity contribution < 1.29 is 30.0 Å². The molecule has 0 unspecified atom stereocenters. The summed E-state index contributed by atoms with van der Waals surface area (Å²) in [7, 11) is -1.97. The van der Waals surface area contributed by atoms with Crippen molar-refractivity contribution in [1.29, 1.82) is 0 Å². The van der Waals surface area contributed by atoms with E-state index in [1.165, 1.54) is 63.5 Å². The molecule has 4 aromatic carbocycles. The standard InChI is InChI=1S/C33H32GeNSi.C5H8O2.Ir/c1-22-19-26(20-25-9-7-8-10-28(22)25)32-33-30(17-18-35-32)29-16-13-24(21-31(29)36(33,5)6)23-11-14-27(15-12-23)34(2,3)4;1-4(6)3-5(2)7;/h7-19,21H,1-6H3;3,6H,1-2H3;/q-1;;/b;4-3-;. The van der Waals surface area contributed by atoms with Crippen molar-refractivity contribution in [2.24, 2.45) is 0 Å². The molecule has 1 aliphatic heterocycles. The van der Waals surface area contributed by atoms with Crippen molar-refractivity contribution in [3.8, 4) is 33.5 Å². The number of aryl methyl sites for hydroxylation is 1. The van der Waals surface area contributed by atoms with Crippen LogP contribution in [-0.2, 0) is 24.9 Å². The fourth-order valence-corrected chi connectivity index (χ4v) is 11.9. The third-order valence-corrected chi connectivity index (χ3v) is 16.1. The van der Waals surface area contributed by atoms with Crippen LogP contribution in [0.4, 0.5) is 0 Å². The second kappa shape index (κ2) is 13.1. The van der Waals surface area contributed by atoms with Gasteiger partial charge in [0.1, 0.15) is 0 Å². The fraction of sp³-hybridized carbons (Fsp3) is 0.211. The van der Waals surface area contributed by atoms with E-state index in [0.29, 0.717) is 0 Å². The van der Waals surface area contributed by atoms with Crippen molar-refractivity contribution in [2.45, 2.75) is 51.1 Å². The van der Waals surface area contributed by atoms with Crippen molar-refractivity contribution >= 4 is 52.7 Å². The molecule has 0 amide bonds. The van der Waals surface area contributed by atoms with Gasteiger partial charge in [0.2, 0.25) is 0 Å². The molecule has 1 N–H and O–H groups in total. The zero-order chi connectivity index (χ0) is 31.1. The third kappa shape index (κ3) is 6.77. The number of hydrogen-bond donors (Lipinski definition) is 1. The summed E-state index contributed by atoms with van der Waals surface area (Å²) in [6.45, 7) is 10.0. The van der Waals surface area contributed by atoms with Gasteiger partial charge in [0, 0.05) is 26.2 Å². The molecule has 44 heavy (non-hydrogen) atoms. The van der Waals surface area contributed by atoms with E-state index in [4.69, 9.17) is 10.1 Å². The molecule has 5 aromatic rings. The van der Waals surface area contributed by atoms with Crippen molar-refractivity contribution in [1.82, 2.24) is 4.98 Å². The molecule has 2 heterocycles. The molecule has 0 saturated carbocycles. The van der Waals surface area contributed by atoms with E-state index in [2.05, 4.69) is 122 Å². The smallest absolute Gasteiger partial charge is 0.118 e. The van der Waals surface area contributed by atoms with Gasteiger partial charge < -0.3 is 5.11 Å². The summed E-state index contributed by atoms with van der Waals surface area (Å²) in [5.41, 5.74) is 8.86. The fourth-order valence-electron chi connectivity index (χ4n) is 6.13. The van der Waals surface area contributed by atoms with Crippen molar-refractivity contribution in [3.63, 3.8) is 0 Å². The number of allylic oxidation sites excluding steroid dienone is 2. The van der Waals surface area contributed by atoms with Crippen LogP contribution in [-0.4, -0.2) is 37.2 Å². The molecule has 0 spiro atoms. The second-order valence-electron chi connectivity index (χ2n) is 13.1. The van der Waals surface area contributed by atoms with Gasteiger partial charge in [-0.3, -0.25) is 4.79 Å². The summed E-state index contributed by atoms with van der Waals surface area (Å²) in [5, 5.41) is 13.7. The Morgan fingerprint density at radius 2 is 1.55 bits per heavy atom. The number of carbonyl (C=O) groups is 1. The minimum Gasteiger partial charge on any atom is -0.118 e. The number of hydrogen-bond acceptors (Lipinski definition) is 3. The number of aliphatic hydroxyl groups excluding tert-OH is 1. The molecule has 0 fully saturated rings. The minimum atomic E-state index is -1.97. The van der Waals surface area contributed by atoms with E-state index >= 15 is 0 Å². The molecule has 1 aromatic heterocycles. The van der Waals surface area contributed by atoms with Gasteiger partial charge in [-0.05, 0) is 13.8 Å². The quantitative estimate of drug-likeness (QED) is 0.0864. The number of nitrogens with zero attached hydrogens (tertiary/aromatic N) is 1. The average molecular weight is 836 g/mol. The van der Waals surface area contributed by atoms with E-state index in [0.717, 1.165) is 16.6 Å². The van der Waals surface area contributed by atoms with Gasteiger partial charge in [-0.15, -0.1) is 17.0 Å². The van der Waals surface area contributed by atoms with Crippen LogP contribution in [0.2, 0.25) is 30.4 Å². The van der Waals surface area contributed by atoms with Gasteiger partial charge in [0.25, 0.3) is 0 Å². The van der Waals surface area contributed by atoms with Crippen LogP contribution in [0.15, 0.2) is 96.9 Å². The van der Waals surface area contributed by atoms with Gasteiger partial charge in [0.05, 0.1) is 5.76 Å². The molecule has 0 saturated heterocycles. The monoisotopic (exact) mass is 837 g/mol. The van der Waals surface area contributed by atoms with E-state index < -0.39 is 21.3 Å². The average Bonchev–Trinajstić information content (AvgIpc) is 3.18. The zero-order valence-corrected chi connectivity index (χ0v) is 32.3. The predicted octanol–water partition coefficient (Wildman–Crippen LogP) is 8.06. The SMILES string of the molecule is CC(=O)/C=C(/C)O.Cc1cc(-c2nccc3c2[Si](C)(C)c2cc(-c4cc[c]([Ge]([CH3])([CH3])[CH3])cc4)ccc2-3)[c-]c2ccccc12.[Ir]. The number of pyridine rings is 1. The first-order valence-electron chi connectivity index (χ1n) is 14.8. The Hall–Kier alpha value is -3.09. The maximum absolute atomic E-state index is 10.0. The van der Waals surface area contributed by atoms with E-state index in [1.54, 1.807) is 4.40 Å². The van der Waals surface area contributed by atoms with Gasteiger partial charge in [-0.1, -0.05) is 30.5 Å². The summed E-state index contributed by atoms with van der Waals surface area (Å²) >= 11 is -1.82. The molecule has 6 heteroatoms. The van der Waals surface area contributed by atoms with Crippen LogP contribution in [0.25, 0.3) is 44.3 Å². The molecular formula is C38H40GeIrNO2Si-. The van der Waals surface area contributed by atoms with Crippen molar-refractivity contribution in [3.05, 3.63) is 109 Å². The van der Waals surface area contributed by atoms with E-state index in [1.807, 2.05) is 6.20 Å². The van der Waals surface area contributed by atoms with Crippen LogP contribution in [0.1, 0.15) is 19.4 Å². The molecule has 227 valence electrons. The number of carbonyl (C=O) groups excluding carboxylic acids is 1. The normalized spacial score (nSPS) is 13.3. The Morgan fingerprint density at radius 1 is 0.886 bits per heavy atom. The molecule has 0 aliphatic carbocycles. The molecule has 3 nitrogen and oxygen atoms in total. The predicted molar refractivity (Wildman–Crippen MR) is 188 cm³/mol. The van der Waals surface area contributed by atoms with Crippen LogP contribution in [0.5, 0.6) is 0 Å². The van der Waals surface area contributed by atoms with Gasteiger partial charge in [-0.2, -0.15) is 0 Å². The molecular weight excluding hydrogens is 795 g/mol. The van der Waals surface area contributed by atoms with Gasteiger partial charge in [0.15, 0.2) is 5.78 Å². The summed E-state index contributed by atoms with van der Waals surface area (Å²) in [6, 6.07) is 33.2. The first kappa shape index (κ1) is 33.8. The third-order valence-electron chi connectivity index (χ3n) is 8.29. The molecule has 6 rings (SSSR count). The molecule has 0 atom stereocenters. The number of ketones is 1. The number of rotatable bonds is 4. The number of aliphatic hydroxyl groups is 1. The Kier molecular flexibility index (Phi) is 10.1. The first-order valence-corrected chi connectivity index (χ1v) is 25.2. The first-order chi connectivity index (χ1) is 20.3. The second-order valence-corrected chi connectivity index (χ2v) is 28.0. The molecule has 1 aliphatic rings. The van der Waals surface area contributed by atoms with Crippen molar-refractivity contribution in [2.75, 3.05) is 0 Å². The van der Waals surface area contributed by atoms with Crippen LogP contribution in [0.3, 0.4) is 0 Å². The number of benzene rings is 4. The van der Waals surface area contributed by atoms with E-state index in [9.17, 15) is 4.79 Å². The Bertz CT molecular complexity index is 1880. The summed E-state index contributed by atoms with van der Waals surface area (Å²) in [6.07, 6.45) is 3.15. The van der Waals surface area contributed by atoms with Crippen LogP contribution < -0.4 is 14.8 Å². The zero-order valence-electron chi connectivity index (χ0n) is 26.8. The maximum atomic E-state index is 10.0. The van der Waals surface area contributed by atoms with Gasteiger partial charge in [-0.25, -0.2) is 0 Å². The number of aromatic nitrogens is 1. The Labute approximate surface area is 279 Å². The molecule has 0 bridgehead atoms. The van der Waals surface area contributed by atoms with Crippen LogP contribution in [0, 0.1) is 13.0 Å². The van der Waals surface area contributed by atoms with E-state index in [-0.39, 0.29) is 31.6 Å². The Morgan fingerprint density at radius 3 is 2.16 bits per heavy atom. The molecule has 1 radical (unpaired) electrons. The summed E-state index contributed by atoms with van der Waals surface area (Å²) in [5.74, 6) is 7.30. The summed E-state index contributed by atoms with van der Waals surface area (Å²) < 4.78 is 1.56. The Balaban J connectivity index is 0.000000497. The van der Waals surface area contributed by atoms with Crippen LogP contribution >= 0.6 is 0 Å². The topological polar surface area (TPSA) is 50.2 Å². The minimum absolute atomic E-state index is 0.